The second-order valence-corrected chi connectivity index (χ2v) is 6.26. The topological polar surface area (TPSA) is 29.9 Å². The number of rotatable bonds is 3. The maximum absolute atomic E-state index is 6.21. The number of fused-ring (bicyclic) bond motifs is 1. The molecule has 112 valence electrons. The summed E-state index contributed by atoms with van der Waals surface area (Å²) in [6.45, 7) is 1.89. The quantitative estimate of drug-likeness (QED) is 0.787. The zero-order valence-electron chi connectivity index (χ0n) is 12.3. The van der Waals surface area contributed by atoms with Gasteiger partial charge in [0.15, 0.2) is 0 Å². The monoisotopic (exact) mass is 311 g/mol. The molecule has 1 unspecified atom stereocenters. The Morgan fingerprint density at radius 3 is 2.82 bits per heavy atom. The average molecular weight is 312 g/mol. The van der Waals surface area contributed by atoms with Crippen LogP contribution in [0.1, 0.15) is 30.3 Å². The number of benzene rings is 2. The van der Waals surface area contributed by atoms with Gasteiger partial charge in [0.2, 0.25) is 0 Å². The third-order valence-electron chi connectivity index (χ3n) is 4.30. The average Bonchev–Trinajstić information content (AvgIpc) is 3.17. The van der Waals surface area contributed by atoms with E-state index in [0.717, 1.165) is 41.4 Å². The summed E-state index contributed by atoms with van der Waals surface area (Å²) < 4.78 is 2.31. The minimum absolute atomic E-state index is 0.342. The SMILES string of the molecule is Clc1ccc2nc(C3CCCN3)n(Cc3ccccc3)c2c1. The lowest BCUT2D eigenvalue weighted by molar-refractivity contribution is 0.571. The van der Waals surface area contributed by atoms with Crippen LogP contribution in [0.5, 0.6) is 0 Å². The molecule has 0 radical (unpaired) electrons. The fraction of sp³-hybridized carbons (Fsp3) is 0.278. The standard InChI is InChI=1S/C18H18ClN3/c19-14-8-9-15-17(11-14)22(12-13-5-2-1-3-6-13)18(21-15)16-7-4-10-20-16/h1-3,5-6,8-9,11,16,20H,4,7,10,12H2. The maximum Gasteiger partial charge on any atom is 0.127 e. The Balaban J connectivity index is 1.84. The highest BCUT2D eigenvalue weighted by Gasteiger charge is 2.23. The summed E-state index contributed by atoms with van der Waals surface area (Å²) in [6.07, 6.45) is 2.35. The molecular formula is C18H18ClN3. The number of halogens is 1. The van der Waals surface area contributed by atoms with Crippen LogP contribution in [-0.4, -0.2) is 16.1 Å². The molecule has 2 aromatic carbocycles. The van der Waals surface area contributed by atoms with E-state index in [1.54, 1.807) is 0 Å². The second kappa shape index (κ2) is 5.75. The van der Waals surface area contributed by atoms with Crippen molar-refractivity contribution in [3.8, 4) is 0 Å². The molecule has 0 aliphatic carbocycles. The van der Waals surface area contributed by atoms with Crippen LogP contribution >= 0.6 is 11.6 Å². The number of nitrogens with zero attached hydrogens (tertiary/aromatic N) is 2. The molecule has 22 heavy (non-hydrogen) atoms. The minimum Gasteiger partial charge on any atom is -0.322 e. The van der Waals surface area contributed by atoms with E-state index in [2.05, 4.69) is 34.1 Å². The first-order valence-corrected chi connectivity index (χ1v) is 8.12. The molecule has 0 spiro atoms. The van der Waals surface area contributed by atoms with Crippen LogP contribution in [0, 0.1) is 0 Å². The van der Waals surface area contributed by atoms with Gasteiger partial charge in [-0.2, -0.15) is 0 Å². The van der Waals surface area contributed by atoms with Crippen molar-refractivity contribution in [1.82, 2.24) is 14.9 Å². The summed E-state index contributed by atoms with van der Waals surface area (Å²) in [5.41, 5.74) is 3.41. The molecule has 0 amide bonds. The van der Waals surface area contributed by atoms with Crippen LogP contribution < -0.4 is 5.32 Å². The lowest BCUT2D eigenvalue weighted by Gasteiger charge is -2.14. The highest BCUT2D eigenvalue weighted by atomic mass is 35.5. The molecule has 3 aromatic rings. The van der Waals surface area contributed by atoms with Gasteiger partial charge in [0.1, 0.15) is 5.82 Å². The first kappa shape index (κ1) is 13.8. The molecule has 1 N–H and O–H groups in total. The van der Waals surface area contributed by atoms with Gasteiger partial charge < -0.3 is 9.88 Å². The van der Waals surface area contributed by atoms with Gasteiger partial charge in [-0.15, -0.1) is 0 Å². The summed E-state index contributed by atoms with van der Waals surface area (Å²) >= 11 is 6.21. The highest BCUT2D eigenvalue weighted by molar-refractivity contribution is 6.31. The molecule has 1 atom stereocenters. The van der Waals surface area contributed by atoms with Gasteiger partial charge in [-0.3, -0.25) is 0 Å². The van der Waals surface area contributed by atoms with Crippen LogP contribution in [-0.2, 0) is 6.54 Å². The Morgan fingerprint density at radius 2 is 2.05 bits per heavy atom. The van der Waals surface area contributed by atoms with Crippen molar-refractivity contribution < 1.29 is 0 Å². The maximum atomic E-state index is 6.21. The first-order valence-electron chi connectivity index (χ1n) is 7.74. The number of nitrogens with one attached hydrogen (secondary N) is 1. The first-order chi connectivity index (χ1) is 10.8. The normalized spacial score (nSPS) is 18.1. The molecule has 1 aromatic heterocycles. The summed E-state index contributed by atoms with van der Waals surface area (Å²) in [5.74, 6) is 1.12. The molecule has 0 saturated carbocycles. The molecule has 0 bridgehead atoms. The van der Waals surface area contributed by atoms with Gasteiger partial charge in [0.25, 0.3) is 0 Å². The molecule has 3 nitrogen and oxygen atoms in total. The Hall–Kier alpha value is -1.84. The fourth-order valence-electron chi connectivity index (χ4n) is 3.22. The molecule has 4 heteroatoms. The van der Waals surface area contributed by atoms with Crippen molar-refractivity contribution >= 4 is 22.6 Å². The predicted molar refractivity (Wildman–Crippen MR) is 90.3 cm³/mol. The number of hydrogen-bond acceptors (Lipinski definition) is 2. The second-order valence-electron chi connectivity index (χ2n) is 5.82. The number of imidazole rings is 1. The zero-order chi connectivity index (χ0) is 14.9. The van der Waals surface area contributed by atoms with Gasteiger partial charge in [-0.05, 0) is 43.1 Å². The summed E-state index contributed by atoms with van der Waals surface area (Å²) in [5, 5.41) is 4.32. The zero-order valence-corrected chi connectivity index (χ0v) is 13.1. The van der Waals surface area contributed by atoms with Crippen molar-refractivity contribution in [2.45, 2.75) is 25.4 Å². The Bertz CT molecular complexity index is 789. The third kappa shape index (κ3) is 2.51. The summed E-state index contributed by atoms with van der Waals surface area (Å²) in [6, 6.07) is 16.8. The van der Waals surface area contributed by atoms with Crippen LogP contribution in [0.3, 0.4) is 0 Å². The van der Waals surface area contributed by atoms with E-state index in [1.807, 2.05) is 24.3 Å². The van der Waals surface area contributed by atoms with Crippen molar-refractivity contribution in [2.24, 2.45) is 0 Å². The molecule has 4 rings (SSSR count). The van der Waals surface area contributed by atoms with E-state index in [1.165, 1.54) is 12.0 Å². The van der Waals surface area contributed by atoms with E-state index in [4.69, 9.17) is 16.6 Å². The molecule has 1 aliphatic rings. The van der Waals surface area contributed by atoms with Crippen molar-refractivity contribution in [1.29, 1.82) is 0 Å². The summed E-state index contributed by atoms with van der Waals surface area (Å²) in [4.78, 5) is 4.87. The summed E-state index contributed by atoms with van der Waals surface area (Å²) in [7, 11) is 0. The van der Waals surface area contributed by atoms with Gasteiger partial charge in [0, 0.05) is 11.6 Å². The Kier molecular flexibility index (Phi) is 3.60. The molecule has 2 heterocycles. The van der Waals surface area contributed by atoms with Crippen molar-refractivity contribution in [2.75, 3.05) is 6.54 Å². The van der Waals surface area contributed by atoms with Crippen LogP contribution in [0.25, 0.3) is 11.0 Å². The molecular weight excluding hydrogens is 294 g/mol. The Labute approximate surface area is 134 Å². The lowest BCUT2D eigenvalue weighted by atomic mass is 10.2. The van der Waals surface area contributed by atoms with E-state index >= 15 is 0 Å². The van der Waals surface area contributed by atoms with Gasteiger partial charge in [-0.25, -0.2) is 4.98 Å². The largest absolute Gasteiger partial charge is 0.322 e. The minimum atomic E-state index is 0.342. The van der Waals surface area contributed by atoms with E-state index in [-0.39, 0.29) is 0 Å². The van der Waals surface area contributed by atoms with E-state index in [9.17, 15) is 0 Å². The van der Waals surface area contributed by atoms with Crippen molar-refractivity contribution in [3.63, 3.8) is 0 Å². The van der Waals surface area contributed by atoms with Crippen LogP contribution in [0.2, 0.25) is 5.02 Å². The highest BCUT2D eigenvalue weighted by Crippen LogP contribution is 2.28. The smallest absolute Gasteiger partial charge is 0.127 e. The van der Waals surface area contributed by atoms with E-state index < -0.39 is 0 Å². The van der Waals surface area contributed by atoms with E-state index in [0.29, 0.717) is 6.04 Å². The Morgan fingerprint density at radius 1 is 1.18 bits per heavy atom. The van der Waals surface area contributed by atoms with Gasteiger partial charge in [-0.1, -0.05) is 41.9 Å². The van der Waals surface area contributed by atoms with Gasteiger partial charge >= 0.3 is 0 Å². The lowest BCUT2D eigenvalue weighted by Crippen LogP contribution is -2.18. The van der Waals surface area contributed by atoms with Crippen LogP contribution in [0.15, 0.2) is 48.5 Å². The number of hydrogen-bond donors (Lipinski definition) is 1. The van der Waals surface area contributed by atoms with Gasteiger partial charge in [0.05, 0.1) is 17.1 Å². The molecule has 1 saturated heterocycles. The molecule has 1 aliphatic heterocycles. The third-order valence-corrected chi connectivity index (χ3v) is 4.53. The fourth-order valence-corrected chi connectivity index (χ4v) is 3.38. The molecule has 1 fully saturated rings. The predicted octanol–water partition coefficient (Wildman–Crippen LogP) is 4.16. The van der Waals surface area contributed by atoms with Crippen LogP contribution in [0.4, 0.5) is 0 Å². The number of aromatic nitrogens is 2. The van der Waals surface area contributed by atoms with Crippen molar-refractivity contribution in [3.05, 3.63) is 64.9 Å².